The molecule has 0 bridgehead atoms. The van der Waals surface area contributed by atoms with Crippen LogP contribution < -0.4 is 4.74 Å². The monoisotopic (exact) mass is 328 g/mol. The van der Waals surface area contributed by atoms with Crippen molar-refractivity contribution in [1.82, 2.24) is 9.80 Å². The number of nitrogens with zero attached hydrogens (tertiary/aromatic N) is 2. The Morgan fingerprint density at radius 1 is 1.13 bits per heavy atom. The Hall–Kier alpha value is -1.24. The van der Waals surface area contributed by atoms with Gasteiger partial charge in [0.1, 0.15) is 18.5 Å². The lowest BCUT2D eigenvalue weighted by Gasteiger charge is -2.36. The van der Waals surface area contributed by atoms with Crippen molar-refractivity contribution in [1.29, 1.82) is 0 Å². The molecular weight excluding hydrogens is 302 g/mol. The number of aliphatic hydroxyl groups is 1. The summed E-state index contributed by atoms with van der Waals surface area (Å²) in [5, 5.41) is 10.1. The molecule has 0 spiro atoms. The van der Waals surface area contributed by atoms with Crippen LogP contribution in [0.4, 0.5) is 8.78 Å². The van der Waals surface area contributed by atoms with Crippen LogP contribution in [-0.4, -0.2) is 72.8 Å². The average molecular weight is 328 g/mol. The highest BCUT2D eigenvalue weighted by atomic mass is 19.3. The van der Waals surface area contributed by atoms with E-state index in [9.17, 15) is 13.9 Å². The van der Waals surface area contributed by atoms with E-state index in [1.54, 1.807) is 4.90 Å². The van der Waals surface area contributed by atoms with Gasteiger partial charge in [-0.3, -0.25) is 9.80 Å². The first kappa shape index (κ1) is 18.1. The topological polar surface area (TPSA) is 35.9 Å². The summed E-state index contributed by atoms with van der Waals surface area (Å²) in [6.07, 6.45) is -0.707. The number of hydrogen-bond acceptors (Lipinski definition) is 4. The second-order valence-electron chi connectivity index (χ2n) is 6.06. The molecule has 2 rings (SSSR count). The standard InChI is InChI=1S/C17H26F2N2O2/c1-2-17(18,19)14-21-10-8-20(9-11-21)12-15(22)13-23-16-6-4-3-5-7-16/h3-7,15,22H,2,8-14H2,1H3. The van der Waals surface area contributed by atoms with E-state index in [-0.39, 0.29) is 19.6 Å². The number of piperazine rings is 1. The van der Waals surface area contributed by atoms with Gasteiger partial charge in [-0.15, -0.1) is 0 Å². The Morgan fingerprint density at radius 2 is 1.74 bits per heavy atom. The van der Waals surface area contributed by atoms with E-state index in [4.69, 9.17) is 4.74 Å². The number of hydrogen-bond donors (Lipinski definition) is 1. The molecule has 0 saturated carbocycles. The Balaban J connectivity index is 1.65. The average Bonchev–Trinajstić information content (AvgIpc) is 2.55. The Bertz CT molecular complexity index is 451. The minimum absolute atomic E-state index is 0.122. The van der Waals surface area contributed by atoms with Crippen molar-refractivity contribution in [2.75, 3.05) is 45.9 Å². The van der Waals surface area contributed by atoms with Crippen molar-refractivity contribution in [2.24, 2.45) is 0 Å². The van der Waals surface area contributed by atoms with Gasteiger partial charge in [-0.2, -0.15) is 0 Å². The van der Waals surface area contributed by atoms with Crippen molar-refractivity contribution >= 4 is 0 Å². The number of rotatable bonds is 8. The zero-order valence-corrected chi connectivity index (χ0v) is 13.6. The molecule has 1 aliphatic rings. The predicted octanol–water partition coefficient (Wildman–Crippen LogP) is 2.09. The molecule has 4 nitrogen and oxygen atoms in total. The van der Waals surface area contributed by atoms with Crippen molar-refractivity contribution in [2.45, 2.75) is 25.4 Å². The van der Waals surface area contributed by atoms with E-state index in [2.05, 4.69) is 4.90 Å². The number of benzene rings is 1. The smallest absolute Gasteiger partial charge is 0.260 e. The maximum absolute atomic E-state index is 13.4. The fraction of sp³-hybridized carbons (Fsp3) is 0.647. The number of β-amino-alcohol motifs (C(OH)–C–C–N with tert-alkyl or cyclic N) is 1. The van der Waals surface area contributed by atoms with E-state index >= 15 is 0 Å². The van der Waals surface area contributed by atoms with Crippen LogP contribution in [-0.2, 0) is 0 Å². The molecule has 1 aromatic carbocycles. The molecule has 0 aliphatic carbocycles. The fourth-order valence-corrected chi connectivity index (χ4v) is 2.63. The lowest BCUT2D eigenvalue weighted by atomic mass is 10.2. The first-order chi connectivity index (χ1) is 11.0. The normalized spacial score (nSPS) is 18.8. The number of alkyl halides is 2. The largest absolute Gasteiger partial charge is 0.491 e. The predicted molar refractivity (Wildman–Crippen MR) is 86.1 cm³/mol. The van der Waals surface area contributed by atoms with Gasteiger partial charge in [0.25, 0.3) is 5.92 Å². The highest BCUT2D eigenvalue weighted by Gasteiger charge is 2.31. The molecule has 1 aromatic rings. The summed E-state index contributed by atoms with van der Waals surface area (Å²) in [7, 11) is 0. The third-order valence-electron chi connectivity index (χ3n) is 4.09. The zero-order chi connectivity index (χ0) is 16.7. The molecule has 0 amide bonds. The fourth-order valence-electron chi connectivity index (χ4n) is 2.63. The van der Waals surface area contributed by atoms with Gasteiger partial charge in [-0.1, -0.05) is 25.1 Å². The second-order valence-corrected chi connectivity index (χ2v) is 6.06. The number of aliphatic hydroxyl groups excluding tert-OH is 1. The summed E-state index contributed by atoms with van der Waals surface area (Å²) in [6, 6.07) is 9.36. The summed E-state index contributed by atoms with van der Waals surface area (Å²) in [5.74, 6) is -1.87. The van der Waals surface area contributed by atoms with Gasteiger partial charge in [0.2, 0.25) is 0 Å². The molecule has 1 aliphatic heterocycles. The van der Waals surface area contributed by atoms with Gasteiger partial charge in [0, 0.05) is 39.1 Å². The SMILES string of the molecule is CCC(F)(F)CN1CCN(CC(O)COc2ccccc2)CC1. The maximum atomic E-state index is 13.4. The number of halogens is 2. The van der Waals surface area contributed by atoms with Gasteiger partial charge < -0.3 is 9.84 Å². The number of ether oxygens (including phenoxy) is 1. The molecule has 1 saturated heterocycles. The third-order valence-corrected chi connectivity index (χ3v) is 4.09. The van der Waals surface area contributed by atoms with Crippen molar-refractivity contribution in [3.63, 3.8) is 0 Å². The molecule has 130 valence electrons. The quantitative estimate of drug-likeness (QED) is 0.793. The van der Waals surface area contributed by atoms with Crippen molar-refractivity contribution in [3.8, 4) is 5.75 Å². The second kappa shape index (κ2) is 8.57. The van der Waals surface area contributed by atoms with E-state index in [1.807, 2.05) is 30.3 Å². The molecule has 23 heavy (non-hydrogen) atoms. The summed E-state index contributed by atoms with van der Waals surface area (Å²) < 4.78 is 32.3. The van der Waals surface area contributed by atoms with Crippen LogP contribution >= 0.6 is 0 Å². The van der Waals surface area contributed by atoms with Gasteiger partial charge in [-0.25, -0.2) is 8.78 Å². The van der Waals surface area contributed by atoms with Crippen LogP contribution in [0.2, 0.25) is 0 Å². The third kappa shape index (κ3) is 6.41. The van der Waals surface area contributed by atoms with Crippen molar-refractivity contribution < 1.29 is 18.6 Å². The first-order valence-corrected chi connectivity index (χ1v) is 8.17. The molecule has 6 heteroatoms. The van der Waals surface area contributed by atoms with E-state index in [0.29, 0.717) is 32.7 Å². The van der Waals surface area contributed by atoms with Gasteiger partial charge in [0.05, 0.1) is 6.54 Å². The Labute approximate surface area is 136 Å². The van der Waals surface area contributed by atoms with Crippen LogP contribution in [0.25, 0.3) is 0 Å². The summed E-state index contributed by atoms with van der Waals surface area (Å²) in [4.78, 5) is 3.90. The van der Waals surface area contributed by atoms with Crippen LogP contribution in [0.15, 0.2) is 30.3 Å². The van der Waals surface area contributed by atoms with E-state index in [0.717, 1.165) is 5.75 Å². The zero-order valence-electron chi connectivity index (χ0n) is 13.6. The molecule has 1 fully saturated rings. The Kier molecular flexibility index (Phi) is 6.74. The molecule has 1 unspecified atom stereocenters. The molecule has 0 aromatic heterocycles. The number of para-hydroxylation sites is 1. The lowest BCUT2D eigenvalue weighted by molar-refractivity contribution is -0.0473. The van der Waals surface area contributed by atoms with E-state index < -0.39 is 12.0 Å². The molecule has 1 N–H and O–H groups in total. The van der Waals surface area contributed by atoms with Crippen LogP contribution in [0.1, 0.15) is 13.3 Å². The molecule has 0 radical (unpaired) electrons. The summed E-state index contributed by atoms with van der Waals surface area (Å²) in [5.41, 5.74) is 0. The summed E-state index contributed by atoms with van der Waals surface area (Å²) in [6.45, 7) is 4.70. The summed E-state index contributed by atoms with van der Waals surface area (Å²) >= 11 is 0. The van der Waals surface area contributed by atoms with Crippen molar-refractivity contribution in [3.05, 3.63) is 30.3 Å². The lowest BCUT2D eigenvalue weighted by Crippen LogP contribution is -2.51. The minimum Gasteiger partial charge on any atom is -0.491 e. The highest BCUT2D eigenvalue weighted by Crippen LogP contribution is 2.20. The van der Waals surface area contributed by atoms with Gasteiger partial charge in [-0.05, 0) is 12.1 Å². The minimum atomic E-state index is -2.61. The molecular formula is C17H26F2N2O2. The Morgan fingerprint density at radius 3 is 2.35 bits per heavy atom. The van der Waals surface area contributed by atoms with Crippen LogP contribution in [0, 0.1) is 0 Å². The first-order valence-electron chi connectivity index (χ1n) is 8.17. The molecule has 1 atom stereocenters. The van der Waals surface area contributed by atoms with Crippen LogP contribution in [0.5, 0.6) is 5.75 Å². The van der Waals surface area contributed by atoms with Gasteiger partial charge in [0.15, 0.2) is 0 Å². The van der Waals surface area contributed by atoms with E-state index in [1.165, 1.54) is 6.92 Å². The molecule has 1 heterocycles. The van der Waals surface area contributed by atoms with Gasteiger partial charge >= 0.3 is 0 Å². The maximum Gasteiger partial charge on any atom is 0.260 e. The highest BCUT2D eigenvalue weighted by molar-refractivity contribution is 5.20. The van der Waals surface area contributed by atoms with Crippen LogP contribution in [0.3, 0.4) is 0 Å².